The molecular weight excluding hydrogens is 320 g/mol. The van der Waals surface area contributed by atoms with Gasteiger partial charge in [0.1, 0.15) is 0 Å². The molecule has 1 heterocycles. The average Bonchev–Trinajstić information content (AvgIpc) is 2.92. The molecular formula is C18H24N4O3. The van der Waals surface area contributed by atoms with Gasteiger partial charge >= 0.3 is 5.97 Å². The van der Waals surface area contributed by atoms with Crippen molar-refractivity contribution in [2.45, 2.75) is 33.6 Å². The number of rotatable bonds is 8. The molecule has 0 saturated carbocycles. The quantitative estimate of drug-likeness (QED) is 0.792. The normalized spacial score (nSPS) is 10.9. The number of amides is 1. The molecule has 2 rings (SSSR count). The van der Waals surface area contributed by atoms with Crippen molar-refractivity contribution in [1.82, 2.24) is 19.9 Å². The summed E-state index contributed by atoms with van der Waals surface area (Å²) >= 11 is 0. The highest BCUT2D eigenvalue weighted by atomic mass is 16.4. The number of aliphatic carboxylic acids is 1. The van der Waals surface area contributed by atoms with Gasteiger partial charge in [-0.25, -0.2) is 4.68 Å². The second kappa shape index (κ2) is 8.41. The molecule has 0 radical (unpaired) electrons. The zero-order valence-electron chi connectivity index (χ0n) is 14.8. The van der Waals surface area contributed by atoms with Crippen LogP contribution in [0, 0.1) is 12.8 Å². The summed E-state index contributed by atoms with van der Waals surface area (Å²) in [6.07, 6.45) is 0.0547. The number of hydrogen-bond donors (Lipinski definition) is 1. The van der Waals surface area contributed by atoms with Gasteiger partial charge in [-0.2, -0.15) is 0 Å². The second-order valence-corrected chi connectivity index (χ2v) is 6.42. The highest BCUT2D eigenvalue weighted by Gasteiger charge is 2.20. The van der Waals surface area contributed by atoms with Crippen LogP contribution >= 0.6 is 0 Å². The molecule has 1 amide bonds. The second-order valence-electron chi connectivity index (χ2n) is 6.42. The maximum atomic E-state index is 12.6. The predicted octanol–water partition coefficient (Wildman–Crippen LogP) is 2.08. The standard InChI is InChI=1S/C18H24N4O3/c1-13(2)12-21(10-9-18(24)25)17(23)11-16-14(3)22(20-19-16)15-7-5-4-6-8-15/h4-8,13H,9-12H2,1-3H3,(H,24,25). The molecule has 25 heavy (non-hydrogen) atoms. The number of carboxylic acid groups (broad SMARTS) is 1. The number of carbonyl (C=O) groups is 2. The highest BCUT2D eigenvalue weighted by molar-refractivity contribution is 5.79. The summed E-state index contributed by atoms with van der Waals surface area (Å²) in [4.78, 5) is 25.0. The zero-order valence-corrected chi connectivity index (χ0v) is 14.8. The highest BCUT2D eigenvalue weighted by Crippen LogP contribution is 2.13. The third kappa shape index (κ3) is 5.14. The largest absolute Gasteiger partial charge is 0.481 e. The van der Waals surface area contributed by atoms with E-state index in [0.29, 0.717) is 12.2 Å². The van der Waals surface area contributed by atoms with Crippen LogP contribution in [-0.4, -0.2) is 50.0 Å². The summed E-state index contributed by atoms with van der Waals surface area (Å²) in [6.45, 7) is 6.60. The fraction of sp³-hybridized carbons (Fsp3) is 0.444. The Balaban J connectivity index is 2.12. The van der Waals surface area contributed by atoms with E-state index in [1.165, 1.54) is 0 Å². The summed E-state index contributed by atoms with van der Waals surface area (Å²) in [5, 5.41) is 17.2. The first kappa shape index (κ1) is 18.6. The first-order valence-corrected chi connectivity index (χ1v) is 8.34. The lowest BCUT2D eigenvalue weighted by Crippen LogP contribution is -2.37. The van der Waals surface area contributed by atoms with E-state index in [9.17, 15) is 9.59 Å². The Labute approximate surface area is 147 Å². The monoisotopic (exact) mass is 344 g/mol. The van der Waals surface area contributed by atoms with Crippen molar-refractivity contribution in [3.63, 3.8) is 0 Å². The van der Waals surface area contributed by atoms with Gasteiger partial charge in [0.15, 0.2) is 0 Å². The lowest BCUT2D eigenvalue weighted by molar-refractivity contribution is -0.138. The van der Waals surface area contributed by atoms with Gasteiger partial charge in [0.05, 0.1) is 29.9 Å². The molecule has 7 nitrogen and oxygen atoms in total. The Morgan fingerprint density at radius 2 is 1.92 bits per heavy atom. The van der Waals surface area contributed by atoms with Crippen LogP contribution in [0.25, 0.3) is 5.69 Å². The van der Waals surface area contributed by atoms with E-state index in [4.69, 9.17) is 5.11 Å². The first-order valence-electron chi connectivity index (χ1n) is 8.34. The fourth-order valence-electron chi connectivity index (χ4n) is 2.58. The average molecular weight is 344 g/mol. The molecule has 0 aliphatic heterocycles. The topological polar surface area (TPSA) is 88.3 Å². The smallest absolute Gasteiger partial charge is 0.305 e. The minimum absolute atomic E-state index is 0.0614. The number of nitrogens with zero attached hydrogens (tertiary/aromatic N) is 4. The van der Waals surface area contributed by atoms with Crippen molar-refractivity contribution in [3.05, 3.63) is 41.7 Å². The minimum atomic E-state index is -0.909. The number of aromatic nitrogens is 3. The van der Waals surface area contributed by atoms with Crippen molar-refractivity contribution in [2.75, 3.05) is 13.1 Å². The third-order valence-corrected chi connectivity index (χ3v) is 3.84. The summed E-state index contributed by atoms with van der Waals surface area (Å²) in [5.41, 5.74) is 2.30. The lowest BCUT2D eigenvalue weighted by atomic mass is 10.1. The van der Waals surface area contributed by atoms with Crippen molar-refractivity contribution in [1.29, 1.82) is 0 Å². The van der Waals surface area contributed by atoms with Crippen molar-refractivity contribution in [2.24, 2.45) is 5.92 Å². The zero-order chi connectivity index (χ0) is 18.4. The number of hydrogen-bond acceptors (Lipinski definition) is 4. The molecule has 1 N–H and O–H groups in total. The van der Waals surface area contributed by atoms with E-state index in [0.717, 1.165) is 11.4 Å². The Bertz CT molecular complexity index is 725. The Morgan fingerprint density at radius 3 is 2.52 bits per heavy atom. The lowest BCUT2D eigenvalue weighted by Gasteiger charge is -2.23. The van der Waals surface area contributed by atoms with Crippen LogP contribution in [0.4, 0.5) is 0 Å². The van der Waals surface area contributed by atoms with Gasteiger partial charge < -0.3 is 10.0 Å². The van der Waals surface area contributed by atoms with Crippen LogP contribution in [0.5, 0.6) is 0 Å². The van der Waals surface area contributed by atoms with E-state index in [1.54, 1.807) is 9.58 Å². The van der Waals surface area contributed by atoms with Crippen molar-refractivity contribution >= 4 is 11.9 Å². The van der Waals surface area contributed by atoms with Crippen molar-refractivity contribution in [3.8, 4) is 5.69 Å². The van der Waals surface area contributed by atoms with Crippen LogP contribution in [0.2, 0.25) is 0 Å². The molecule has 0 unspecified atom stereocenters. The van der Waals surface area contributed by atoms with Crippen LogP contribution in [0.1, 0.15) is 31.7 Å². The van der Waals surface area contributed by atoms with Gasteiger partial charge in [-0.05, 0) is 25.0 Å². The molecule has 2 aromatic rings. The summed E-state index contributed by atoms with van der Waals surface area (Å²) in [5.74, 6) is -0.773. The Morgan fingerprint density at radius 1 is 1.24 bits per heavy atom. The van der Waals surface area contributed by atoms with E-state index < -0.39 is 5.97 Å². The molecule has 0 aliphatic rings. The van der Waals surface area contributed by atoms with E-state index in [-0.39, 0.29) is 31.2 Å². The molecule has 1 aromatic carbocycles. The van der Waals surface area contributed by atoms with Crippen molar-refractivity contribution < 1.29 is 14.7 Å². The molecule has 0 aliphatic carbocycles. The fourth-order valence-corrected chi connectivity index (χ4v) is 2.58. The van der Waals surface area contributed by atoms with Gasteiger partial charge in [-0.3, -0.25) is 9.59 Å². The van der Waals surface area contributed by atoms with Crippen LogP contribution in [0.3, 0.4) is 0 Å². The molecule has 7 heteroatoms. The molecule has 0 spiro atoms. The van der Waals surface area contributed by atoms with E-state index in [1.807, 2.05) is 51.1 Å². The van der Waals surface area contributed by atoms with E-state index >= 15 is 0 Å². The predicted molar refractivity (Wildman–Crippen MR) is 93.5 cm³/mol. The molecule has 134 valence electrons. The number of carboxylic acids is 1. The van der Waals surface area contributed by atoms with Gasteiger partial charge in [0, 0.05) is 13.1 Å². The summed E-state index contributed by atoms with van der Waals surface area (Å²) in [6, 6.07) is 9.60. The number of benzene rings is 1. The van der Waals surface area contributed by atoms with Crippen LogP contribution < -0.4 is 0 Å². The summed E-state index contributed by atoms with van der Waals surface area (Å²) < 4.78 is 1.70. The van der Waals surface area contributed by atoms with Gasteiger partial charge in [-0.15, -0.1) is 5.10 Å². The van der Waals surface area contributed by atoms with E-state index in [2.05, 4.69) is 10.3 Å². The Kier molecular flexibility index (Phi) is 6.27. The SMILES string of the molecule is Cc1c(CC(=O)N(CCC(=O)O)CC(C)C)nnn1-c1ccccc1. The first-order chi connectivity index (χ1) is 11.9. The summed E-state index contributed by atoms with van der Waals surface area (Å²) in [7, 11) is 0. The molecule has 1 aromatic heterocycles. The molecule has 0 atom stereocenters. The maximum Gasteiger partial charge on any atom is 0.305 e. The van der Waals surface area contributed by atoms with Gasteiger partial charge in [-0.1, -0.05) is 37.3 Å². The Hall–Kier alpha value is -2.70. The molecule has 0 fully saturated rings. The van der Waals surface area contributed by atoms with Gasteiger partial charge in [0.2, 0.25) is 5.91 Å². The minimum Gasteiger partial charge on any atom is -0.481 e. The van der Waals surface area contributed by atoms with Gasteiger partial charge in [0.25, 0.3) is 0 Å². The number of para-hydroxylation sites is 1. The van der Waals surface area contributed by atoms with Crippen LogP contribution in [0.15, 0.2) is 30.3 Å². The number of carbonyl (C=O) groups excluding carboxylic acids is 1. The van der Waals surface area contributed by atoms with Crippen LogP contribution in [-0.2, 0) is 16.0 Å². The maximum absolute atomic E-state index is 12.6. The molecule has 0 saturated heterocycles. The third-order valence-electron chi connectivity index (χ3n) is 3.84. The molecule has 0 bridgehead atoms.